The van der Waals surface area contributed by atoms with Crippen LogP contribution < -0.4 is 16.0 Å². The number of nitrogens with one attached hydrogen (secondary N) is 3. The Bertz CT molecular complexity index is 781. The topological polar surface area (TPSA) is 81.9 Å². The summed E-state index contributed by atoms with van der Waals surface area (Å²) >= 11 is 0. The standard InChI is InChI=1S/C23H35N5O2.HI/c1-6-24-23(25-13-14-28(17(2)3)18(4)5)26-16-19-9-11-20(12-10-19)27-22(29)21-8-7-15-30-21;/h7-12,15,17-18H,6,13-14,16H2,1-5H3,(H,27,29)(H2,24,25,26);1H. The van der Waals surface area contributed by atoms with Crippen molar-refractivity contribution in [2.24, 2.45) is 4.99 Å². The summed E-state index contributed by atoms with van der Waals surface area (Å²) in [6.45, 7) is 14.1. The molecule has 1 amide bonds. The Balaban J connectivity index is 0.00000480. The molecule has 0 fully saturated rings. The van der Waals surface area contributed by atoms with Gasteiger partial charge >= 0.3 is 0 Å². The van der Waals surface area contributed by atoms with Crippen molar-refractivity contribution >= 4 is 41.5 Å². The van der Waals surface area contributed by atoms with E-state index in [-0.39, 0.29) is 29.9 Å². The van der Waals surface area contributed by atoms with Crippen molar-refractivity contribution < 1.29 is 9.21 Å². The zero-order valence-electron chi connectivity index (χ0n) is 19.1. The lowest BCUT2D eigenvalue weighted by atomic mass is 10.2. The largest absolute Gasteiger partial charge is 0.459 e. The van der Waals surface area contributed by atoms with Crippen LogP contribution in [0.5, 0.6) is 0 Å². The van der Waals surface area contributed by atoms with Crippen LogP contribution in [0.25, 0.3) is 0 Å². The van der Waals surface area contributed by atoms with E-state index in [0.29, 0.717) is 24.4 Å². The van der Waals surface area contributed by atoms with Crippen LogP contribution in [-0.2, 0) is 6.54 Å². The fraction of sp³-hybridized carbons (Fsp3) is 0.478. The number of rotatable bonds is 10. The number of halogens is 1. The number of furan rings is 1. The predicted molar refractivity (Wildman–Crippen MR) is 138 cm³/mol. The number of carbonyl (C=O) groups is 1. The number of hydrogen-bond donors (Lipinski definition) is 3. The van der Waals surface area contributed by atoms with Gasteiger partial charge in [0.1, 0.15) is 0 Å². The van der Waals surface area contributed by atoms with E-state index in [0.717, 1.165) is 36.8 Å². The van der Waals surface area contributed by atoms with Crippen LogP contribution in [0.2, 0.25) is 0 Å². The highest BCUT2D eigenvalue weighted by atomic mass is 127. The minimum Gasteiger partial charge on any atom is -0.459 e. The van der Waals surface area contributed by atoms with E-state index in [2.05, 4.69) is 60.5 Å². The lowest BCUT2D eigenvalue weighted by Crippen LogP contribution is -2.45. The molecule has 0 aliphatic rings. The molecule has 7 nitrogen and oxygen atoms in total. The van der Waals surface area contributed by atoms with E-state index >= 15 is 0 Å². The first-order chi connectivity index (χ1) is 14.4. The van der Waals surface area contributed by atoms with Crippen LogP contribution in [0, 0.1) is 0 Å². The SMILES string of the molecule is CCNC(=NCc1ccc(NC(=O)c2ccco2)cc1)NCCN(C(C)C)C(C)C.I. The molecule has 0 radical (unpaired) electrons. The Morgan fingerprint density at radius 3 is 2.29 bits per heavy atom. The molecule has 0 atom stereocenters. The highest BCUT2D eigenvalue weighted by molar-refractivity contribution is 14.0. The molecule has 0 saturated heterocycles. The first-order valence-corrected chi connectivity index (χ1v) is 10.6. The van der Waals surface area contributed by atoms with E-state index in [1.54, 1.807) is 12.1 Å². The van der Waals surface area contributed by atoms with Gasteiger partial charge in [0.2, 0.25) is 0 Å². The van der Waals surface area contributed by atoms with Gasteiger partial charge in [0.25, 0.3) is 5.91 Å². The third-order valence-corrected chi connectivity index (χ3v) is 4.71. The Kier molecular flexibility index (Phi) is 12.2. The quantitative estimate of drug-likeness (QED) is 0.237. The second-order valence-corrected chi connectivity index (χ2v) is 7.68. The van der Waals surface area contributed by atoms with Crippen molar-refractivity contribution in [1.29, 1.82) is 0 Å². The van der Waals surface area contributed by atoms with Crippen LogP contribution in [0.15, 0.2) is 52.1 Å². The summed E-state index contributed by atoms with van der Waals surface area (Å²) in [5.74, 6) is 0.833. The molecule has 2 aromatic rings. The molecule has 0 bridgehead atoms. The van der Waals surface area contributed by atoms with E-state index in [1.807, 2.05) is 24.3 Å². The van der Waals surface area contributed by atoms with E-state index < -0.39 is 0 Å². The van der Waals surface area contributed by atoms with Crippen molar-refractivity contribution in [2.75, 3.05) is 25.0 Å². The molecule has 2 rings (SSSR count). The number of amides is 1. The fourth-order valence-electron chi connectivity index (χ4n) is 3.22. The highest BCUT2D eigenvalue weighted by Gasteiger charge is 2.12. The smallest absolute Gasteiger partial charge is 0.291 e. The second kappa shape index (κ2) is 14.1. The summed E-state index contributed by atoms with van der Waals surface area (Å²) in [5, 5.41) is 9.52. The fourth-order valence-corrected chi connectivity index (χ4v) is 3.22. The minimum atomic E-state index is -0.263. The number of guanidine groups is 1. The number of carbonyl (C=O) groups excluding carboxylic acids is 1. The summed E-state index contributed by atoms with van der Waals surface area (Å²) in [5.41, 5.74) is 1.78. The van der Waals surface area contributed by atoms with Gasteiger partial charge in [0, 0.05) is 37.4 Å². The molecule has 0 aliphatic carbocycles. The van der Waals surface area contributed by atoms with E-state index in [9.17, 15) is 4.79 Å². The van der Waals surface area contributed by atoms with Gasteiger partial charge in [-0.15, -0.1) is 24.0 Å². The van der Waals surface area contributed by atoms with Crippen molar-refractivity contribution in [3.05, 3.63) is 54.0 Å². The van der Waals surface area contributed by atoms with E-state index in [4.69, 9.17) is 4.42 Å². The number of hydrogen-bond acceptors (Lipinski definition) is 4. The highest BCUT2D eigenvalue weighted by Crippen LogP contribution is 2.12. The van der Waals surface area contributed by atoms with Gasteiger partial charge in [0.05, 0.1) is 12.8 Å². The molecule has 1 heterocycles. The average Bonchev–Trinajstić information content (AvgIpc) is 3.24. The number of aliphatic imine (C=N–C) groups is 1. The third kappa shape index (κ3) is 9.30. The van der Waals surface area contributed by atoms with Crippen molar-refractivity contribution in [1.82, 2.24) is 15.5 Å². The van der Waals surface area contributed by atoms with Crippen molar-refractivity contribution in [2.45, 2.75) is 53.2 Å². The van der Waals surface area contributed by atoms with Gasteiger partial charge in [-0.1, -0.05) is 12.1 Å². The molecular formula is C23H36IN5O2. The normalized spacial score (nSPS) is 11.5. The minimum absolute atomic E-state index is 0. The van der Waals surface area contributed by atoms with Gasteiger partial charge < -0.3 is 20.4 Å². The summed E-state index contributed by atoms with van der Waals surface area (Å²) in [4.78, 5) is 19.2. The molecule has 0 spiro atoms. The van der Waals surface area contributed by atoms with Crippen molar-refractivity contribution in [3.8, 4) is 0 Å². The summed E-state index contributed by atoms with van der Waals surface area (Å²) < 4.78 is 5.11. The molecule has 0 saturated carbocycles. The lowest BCUT2D eigenvalue weighted by Gasteiger charge is -2.30. The Hall–Kier alpha value is -2.07. The molecule has 0 aliphatic heterocycles. The second-order valence-electron chi connectivity index (χ2n) is 7.68. The zero-order valence-corrected chi connectivity index (χ0v) is 21.5. The van der Waals surface area contributed by atoms with Gasteiger partial charge in [0.15, 0.2) is 11.7 Å². The summed E-state index contributed by atoms with van der Waals surface area (Å²) in [6, 6.07) is 12.0. The Labute approximate surface area is 203 Å². The number of benzene rings is 1. The summed E-state index contributed by atoms with van der Waals surface area (Å²) in [7, 11) is 0. The molecule has 31 heavy (non-hydrogen) atoms. The van der Waals surface area contributed by atoms with Crippen LogP contribution in [0.1, 0.15) is 50.7 Å². The summed E-state index contributed by atoms with van der Waals surface area (Å²) in [6.07, 6.45) is 1.48. The Morgan fingerprint density at radius 2 is 1.74 bits per heavy atom. The number of anilines is 1. The molecule has 1 aromatic heterocycles. The van der Waals surface area contributed by atoms with Gasteiger partial charge in [-0.2, -0.15) is 0 Å². The number of nitrogens with zero attached hydrogens (tertiary/aromatic N) is 2. The van der Waals surface area contributed by atoms with Crippen LogP contribution in [0.4, 0.5) is 5.69 Å². The van der Waals surface area contributed by atoms with E-state index in [1.165, 1.54) is 6.26 Å². The van der Waals surface area contributed by atoms with Gasteiger partial charge in [-0.3, -0.25) is 9.69 Å². The molecule has 172 valence electrons. The molecular weight excluding hydrogens is 505 g/mol. The lowest BCUT2D eigenvalue weighted by molar-refractivity contribution is 0.0996. The maximum atomic E-state index is 12.0. The van der Waals surface area contributed by atoms with Crippen LogP contribution >= 0.6 is 24.0 Å². The molecule has 3 N–H and O–H groups in total. The molecule has 0 unspecified atom stereocenters. The van der Waals surface area contributed by atoms with Crippen LogP contribution in [-0.4, -0.2) is 48.5 Å². The first-order valence-electron chi connectivity index (χ1n) is 10.6. The van der Waals surface area contributed by atoms with Crippen molar-refractivity contribution in [3.63, 3.8) is 0 Å². The Morgan fingerprint density at radius 1 is 1.06 bits per heavy atom. The predicted octanol–water partition coefficient (Wildman–Crippen LogP) is 4.32. The zero-order chi connectivity index (χ0) is 21.9. The maximum absolute atomic E-state index is 12.0. The maximum Gasteiger partial charge on any atom is 0.291 e. The van der Waals surface area contributed by atoms with Gasteiger partial charge in [-0.05, 0) is 64.4 Å². The third-order valence-electron chi connectivity index (χ3n) is 4.71. The first kappa shape index (κ1) is 27.0. The van der Waals surface area contributed by atoms with Crippen LogP contribution in [0.3, 0.4) is 0 Å². The average molecular weight is 541 g/mol. The van der Waals surface area contributed by atoms with Gasteiger partial charge in [-0.25, -0.2) is 4.99 Å². The molecule has 1 aromatic carbocycles. The molecule has 8 heteroatoms. The monoisotopic (exact) mass is 541 g/mol.